The van der Waals surface area contributed by atoms with Crippen LogP contribution in [0.4, 0.5) is 0 Å². The van der Waals surface area contributed by atoms with Gasteiger partial charge in [-0.1, -0.05) is 13.8 Å². The molecule has 0 saturated heterocycles. The van der Waals surface area contributed by atoms with E-state index in [0.717, 1.165) is 23.8 Å². The highest BCUT2D eigenvalue weighted by Gasteiger charge is 2.22. The number of carbonyl (C=O) groups is 1. The van der Waals surface area contributed by atoms with E-state index in [1.807, 2.05) is 0 Å². The lowest BCUT2D eigenvalue weighted by Crippen LogP contribution is -2.27. The fraction of sp³-hybridized carbons (Fsp3) is 0.583. The van der Waals surface area contributed by atoms with Gasteiger partial charge in [0.25, 0.3) is 0 Å². The van der Waals surface area contributed by atoms with Crippen molar-refractivity contribution in [1.29, 1.82) is 0 Å². The van der Waals surface area contributed by atoms with E-state index in [-0.39, 0.29) is 26.7 Å². The van der Waals surface area contributed by atoms with Gasteiger partial charge in [-0.15, -0.1) is 11.3 Å². The Labute approximate surface area is 136 Å². The first kappa shape index (κ1) is 18.6. The van der Waals surface area contributed by atoms with E-state index < -0.39 is 16.0 Å². The number of carboxylic acids is 1. The van der Waals surface area contributed by atoms with E-state index in [0.29, 0.717) is 12.5 Å². The SMILES string of the molecule is CC(C)CCOCCNS(=O)(=O)c1cc(C(=O)O)sc1Br. The Bertz CT molecular complexity index is 582. The Hall–Kier alpha value is -0.480. The zero-order valence-corrected chi connectivity index (χ0v) is 15.0. The molecule has 1 rings (SSSR count). The number of halogens is 1. The zero-order chi connectivity index (χ0) is 16.0. The van der Waals surface area contributed by atoms with Gasteiger partial charge in [-0.25, -0.2) is 17.9 Å². The number of sulfonamides is 1. The highest BCUT2D eigenvalue weighted by molar-refractivity contribution is 9.11. The molecule has 0 bridgehead atoms. The van der Waals surface area contributed by atoms with Crippen molar-refractivity contribution in [2.24, 2.45) is 5.92 Å². The molecule has 21 heavy (non-hydrogen) atoms. The van der Waals surface area contributed by atoms with E-state index in [1.54, 1.807) is 0 Å². The summed E-state index contributed by atoms with van der Waals surface area (Å²) in [6, 6.07) is 1.14. The number of ether oxygens (including phenoxy) is 1. The third-order valence-corrected chi connectivity index (χ3v) is 6.23. The maximum Gasteiger partial charge on any atom is 0.345 e. The van der Waals surface area contributed by atoms with Crippen molar-refractivity contribution in [2.45, 2.75) is 25.2 Å². The third kappa shape index (κ3) is 6.03. The van der Waals surface area contributed by atoms with Crippen LogP contribution in [-0.2, 0) is 14.8 Å². The molecule has 0 aromatic carbocycles. The van der Waals surface area contributed by atoms with Gasteiger partial charge < -0.3 is 9.84 Å². The lowest BCUT2D eigenvalue weighted by molar-refractivity contribution is 0.0702. The highest BCUT2D eigenvalue weighted by atomic mass is 79.9. The van der Waals surface area contributed by atoms with Gasteiger partial charge in [0.2, 0.25) is 10.0 Å². The molecular formula is C12H18BrNO5S2. The zero-order valence-electron chi connectivity index (χ0n) is 11.8. The molecule has 0 fully saturated rings. The minimum Gasteiger partial charge on any atom is -0.477 e. The van der Waals surface area contributed by atoms with Gasteiger partial charge in [0.1, 0.15) is 9.77 Å². The first-order valence-corrected chi connectivity index (χ1v) is 9.43. The van der Waals surface area contributed by atoms with Gasteiger partial charge in [-0.2, -0.15) is 0 Å². The average molecular weight is 400 g/mol. The fourth-order valence-corrected chi connectivity index (χ4v) is 4.80. The molecule has 0 aliphatic rings. The predicted octanol–water partition coefficient (Wildman–Crippen LogP) is 2.55. The monoisotopic (exact) mass is 399 g/mol. The number of hydrogen-bond acceptors (Lipinski definition) is 5. The number of carboxylic acid groups (broad SMARTS) is 1. The van der Waals surface area contributed by atoms with Crippen molar-refractivity contribution in [3.8, 4) is 0 Å². The van der Waals surface area contributed by atoms with Gasteiger partial charge in [0, 0.05) is 13.2 Å². The average Bonchev–Trinajstić information content (AvgIpc) is 2.76. The predicted molar refractivity (Wildman–Crippen MR) is 84.4 cm³/mol. The standard InChI is InChI=1S/C12H18BrNO5S2/c1-8(2)3-5-19-6-4-14-21(17,18)10-7-9(12(15)16)20-11(10)13/h7-8,14H,3-6H2,1-2H3,(H,15,16). The molecule has 1 aromatic rings. The quantitative estimate of drug-likeness (QED) is 0.622. The molecule has 1 heterocycles. The fourth-order valence-electron chi connectivity index (χ4n) is 1.39. The lowest BCUT2D eigenvalue weighted by atomic mass is 10.1. The van der Waals surface area contributed by atoms with E-state index in [4.69, 9.17) is 9.84 Å². The van der Waals surface area contributed by atoms with Crippen LogP contribution in [0.25, 0.3) is 0 Å². The molecule has 0 aliphatic heterocycles. The van der Waals surface area contributed by atoms with Gasteiger partial charge in [-0.3, -0.25) is 0 Å². The van der Waals surface area contributed by atoms with Crippen LogP contribution in [-0.4, -0.2) is 39.3 Å². The van der Waals surface area contributed by atoms with E-state index in [1.165, 1.54) is 0 Å². The molecule has 0 radical (unpaired) electrons. The van der Waals surface area contributed by atoms with Crippen molar-refractivity contribution in [1.82, 2.24) is 4.72 Å². The van der Waals surface area contributed by atoms with E-state index >= 15 is 0 Å². The lowest BCUT2D eigenvalue weighted by Gasteiger charge is -2.08. The Morgan fingerprint density at radius 3 is 2.67 bits per heavy atom. The van der Waals surface area contributed by atoms with Crippen molar-refractivity contribution in [3.05, 3.63) is 14.7 Å². The Balaban J connectivity index is 2.52. The number of rotatable bonds is 9. The molecule has 0 atom stereocenters. The minimum atomic E-state index is -3.74. The molecule has 6 nitrogen and oxygen atoms in total. The topological polar surface area (TPSA) is 92.7 Å². The number of hydrogen-bond donors (Lipinski definition) is 2. The molecule has 0 unspecified atom stereocenters. The van der Waals surface area contributed by atoms with Crippen LogP contribution in [0.3, 0.4) is 0 Å². The molecule has 9 heteroatoms. The van der Waals surface area contributed by atoms with Crippen LogP contribution in [0.15, 0.2) is 14.7 Å². The second-order valence-electron chi connectivity index (χ2n) is 4.75. The second kappa shape index (κ2) is 8.23. The summed E-state index contributed by atoms with van der Waals surface area (Å²) in [6.45, 7) is 5.18. The molecule has 0 amide bonds. The highest BCUT2D eigenvalue weighted by Crippen LogP contribution is 2.31. The molecule has 0 aliphatic carbocycles. The van der Waals surface area contributed by atoms with Crippen LogP contribution in [0.5, 0.6) is 0 Å². The van der Waals surface area contributed by atoms with Crippen molar-refractivity contribution >= 4 is 43.3 Å². The van der Waals surface area contributed by atoms with Gasteiger partial charge in [0.15, 0.2) is 0 Å². The largest absolute Gasteiger partial charge is 0.477 e. The summed E-state index contributed by atoms with van der Waals surface area (Å²) in [5.74, 6) is -0.614. The van der Waals surface area contributed by atoms with Crippen LogP contribution in [0.2, 0.25) is 0 Å². The summed E-state index contributed by atoms with van der Waals surface area (Å²) in [4.78, 5) is 10.7. The van der Waals surface area contributed by atoms with Gasteiger partial charge in [0.05, 0.1) is 10.4 Å². The molecule has 0 spiro atoms. The Morgan fingerprint density at radius 1 is 1.48 bits per heavy atom. The van der Waals surface area contributed by atoms with Crippen molar-refractivity contribution in [3.63, 3.8) is 0 Å². The maximum absolute atomic E-state index is 12.0. The molecule has 0 saturated carbocycles. The van der Waals surface area contributed by atoms with Crippen molar-refractivity contribution < 1.29 is 23.1 Å². The van der Waals surface area contributed by atoms with Crippen LogP contribution in [0, 0.1) is 5.92 Å². The molecular weight excluding hydrogens is 382 g/mol. The maximum atomic E-state index is 12.0. The van der Waals surface area contributed by atoms with Crippen LogP contribution < -0.4 is 4.72 Å². The molecule has 120 valence electrons. The Morgan fingerprint density at radius 2 is 2.14 bits per heavy atom. The van der Waals surface area contributed by atoms with Crippen LogP contribution in [0.1, 0.15) is 29.9 Å². The minimum absolute atomic E-state index is 0.0320. The van der Waals surface area contributed by atoms with Gasteiger partial charge >= 0.3 is 5.97 Å². The number of nitrogens with one attached hydrogen (secondary N) is 1. The third-order valence-electron chi connectivity index (χ3n) is 2.53. The molecule has 2 N–H and O–H groups in total. The summed E-state index contributed by atoms with van der Waals surface area (Å²) in [6.07, 6.45) is 0.921. The first-order chi connectivity index (χ1) is 9.74. The summed E-state index contributed by atoms with van der Waals surface area (Å²) in [5, 5.41) is 8.86. The number of aromatic carboxylic acids is 1. The van der Waals surface area contributed by atoms with Gasteiger partial charge in [-0.05, 0) is 34.3 Å². The number of thiophene rings is 1. The smallest absolute Gasteiger partial charge is 0.345 e. The Kier molecular flexibility index (Phi) is 7.28. The normalized spacial score (nSPS) is 12.0. The van der Waals surface area contributed by atoms with Crippen molar-refractivity contribution in [2.75, 3.05) is 19.8 Å². The summed E-state index contributed by atoms with van der Waals surface area (Å²) in [5.41, 5.74) is 0. The van der Waals surface area contributed by atoms with E-state index in [9.17, 15) is 13.2 Å². The summed E-state index contributed by atoms with van der Waals surface area (Å²) >= 11 is 3.94. The summed E-state index contributed by atoms with van der Waals surface area (Å²) in [7, 11) is -3.74. The molecule has 1 aromatic heterocycles. The first-order valence-electron chi connectivity index (χ1n) is 6.34. The summed E-state index contributed by atoms with van der Waals surface area (Å²) < 4.78 is 32.1. The van der Waals surface area contributed by atoms with E-state index in [2.05, 4.69) is 34.5 Å². The van der Waals surface area contributed by atoms with Crippen LogP contribution >= 0.6 is 27.3 Å². The second-order valence-corrected chi connectivity index (χ2v) is 8.85.